The standard InChI is InChI=1S/C18H21ClO7/c1-6(20)12-7-4-9-13-17(2,8(7)5-10(21)26-12)14(19)11(22)15(23)18(13,3)16(24)25-9/h5-6,9,11,13-15,20,22-23H,4H2,1-3H3/t6?,9-,11+,13-,14+,15+,17-,18-/m1/s1. The van der Waals surface area contributed by atoms with E-state index in [1.807, 2.05) is 0 Å². The predicted octanol–water partition coefficient (Wildman–Crippen LogP) is 0.398. The number of alkyl halides is 1. The van der Waals surface area contributed by atoms with E-state index in [9.17, 15) is 24.9 Å². The Morgan fingerprint density at radius 1 is 1.27 bits per heavy atom. The van der Waals surface area contributed by atoms with E-state index in [1.165, 1.54) is 13.0 Å². The summed E-state index contributed by atoms with van der Waals surface area (Å²) in [6.07, 6.45) is -4.15. The second kappa shape index (κ2) is 5.32. The van der Waals surface area contributed by atoms with Crippen molar-refractivity contribution in [3.63, 3.8) is 0 Å². The van der Waals surface area contributed by atoms with Crippen LogP contribution in [0.4, 0.5) is 0 Å². The molecule has 142 valence electrons. The summed E-state index contributed by atoms with van der Waals surface area (Å²) < 4.78 is 10.8. The molecule has 1 saturated heterocycles. The molecule has 26 heavy (non-hydrogen) atoms. The number of esters is 1. The molecule has 0 aromatic carbocycles. The normalized spacial score (nSPS) is 44.9. The predicted molar refractivity (Wildman–Crippen MR) is 89.8 cm³/mol. The molecule has 1 aromatic rings. The first-order chi connectivity index (χ1) is 12.0. The summed E-state index contributed by atoms with van der Waals surface area (Å²) in [5.41, 5.74) is -1.92. The van der Waals surface area contributed by atoms with E-state index in [0.717, 1.165) is 0 Å². The van der Waals surface area contributed by atoms with Gasteiger partial charge in [0, 0.05) is 29.4 Å². The van der Waals surface area contributed by atoms with Gasteiger partial charge < -0.3 is 24.5 Å². The zero-order valence-corrected chi connectivity index (χ0v) is 15.4. The number of halogens is 1. The van der Waals surface area contributed by atoms with Crippen molar-refractivity contribution in [2.75, 3.05) is 0 Å². The Bertz CT molecular complexity index is 848. The number of hydrogen-bond acceptors (Lipinski definition) is 7. The second-order valence-electron chi connectivity index (χ2n) is 8.03. The van der Waals surface area contributed by atoms with Crippen molar-refractivity contribution < 1.29 is 29.3 Å². The molecule has 8 heteroatoms. The van der Waals surface area contributed by atoms with Crippen LogP contribution in [-0.2, 0) is 21.4 Å². The van der Waals surface area contributed by atoms with E-state index in [4.69, 9.17) is 20.8 Å². The molecule has 0 bridgehead atoms. The topological polar surface area (TPSA) is 117 Å². The lowest BCUT2D eigenvalue weighted by atomic mass is 9.48. The fourth-order valence-electron chi connectivity index (χ4n) is 5.44. The Balaban J connectivity index is 2.05. The zero-order valence-electron chi connectivity index (χ0n) is 14.6. The number of aliphatic hydroxyl groups is 3. The van der Waals surface area contributed by atoms with Crippen molar-refractivity contribution in [1.82, 2.24) is 0 Å². The van der Waals surface area contributed by atoms with Gasteiger partial charge in [0.05, 0.1) is 17.6 Å². The molecule has 7 nitrogen and oxygen atoms in total. The van der Waals surface area contributed by atoms with Crippen LogP contribution in [0.5, 0.6) is 0 Å². The summed E-state index contributed by atoms with van der Waals surface area (Å²) in [4.78, 5) is 24.8. The number of fused-ring (bicyclic) bond motifs is 2. The SMILES string of the molecule is CC(O)c1oc(=O)cc2c1C[C@H]1OC(=O)[C@@]3(C)[C@@H](O)[C@@H](O)[C@H](Cl)[C@@]2(C)[C@@H]13. The summed E-state index contributed by atoms with van der Waals surface area (Å²) in [5, 5.41) is 30.3. The van der Waals surface area contributed by atoms with Crippen molar-refractivity contribution in [1.29, 1.82) is 0 Å². The number of carbonyl (C=O) groups is 1. The summed E-state index contributed by atoms with van der Waals surface area (Å²) in [7, 11) is 0. The fraction of sp³-hybridized carbons (Fsp3) is 0.667. The van der Waals surface area contributed by atoms with E-state index in [1.54, 1.807) is 13.8 Å². The van der Waals surface area contributed by atoms with Gasteiger partial charge in [0.2, 0.25) is 0 Å². The van der Waals surface area contributed by atoms with Crippen LogP contribution in [0, 0.1) is 11.3 Å². The monoisotopic (exact) mass is 384 g/mol. The summed E-state index contributed by atoms with van der Waals surface area (Å²) in [6, 6.07) is 1.31. The maximum absolute atomic E-state index is 12.6. The number of hydrogen-bond donors (Lipinski definition) is 3. The minimum absolute atomic E-state index is 0.112. The average molecular weight is 385 g/mol. The maximum atomic E-state index is 12.6. The highest BCUT2D eigenvalue weighted by Crippen LogP contribution is 2.62. The van der Waals surface area contributed by atoms with Crippen molar-refractivity contribution in [2.24, 2.45) is 11.3 Å². The number of carbonyl (C=O) groups excluding carboxylic acids is 1. The minimum atomic E-state index is -1.39. The van der Waals surface area contributed by atoms with Crippen LogP contribution in [0.2, 0.25) is 0 Å². The van der Waals surface area contributed by atoms with E-state index < -0.39 is 58.1 Å². The molecule has 0 radical (unpaired) electrons. The van der Waals surface area contributed by atoms with Crippen LogP contribution in [0.25, 0.3) is 0 Å². The molecule has 2 aliphatic carbocycles. The molecule has 2 fully saturated rings. The smallest absolute Gasteiger partial charge is 0.336 e. The van der Waals surface area contributed by atoms with E-state index in [0.29, 0.717) is 11.1 Å². The van der Waals surface area contributed by atoms with Gasteiger partial charge in [-0.3, -0.25) is 4.79 Å². The van der Waals surface area contributed by atoms with Crippen LogP contribution in [0.1, 0.15) is 43.8 Å². The third-order valence-corrected chi connectivity index (χ3v) is 7.34. The first-order valence-electron chi connectivity index (χ1n) is 8.61. The highest BCUT2D eigenvalue weighted by molar-refractivity contribution is 6.22. The van der Waals surface area contributed by atoms with Gasteiger partial charge in [-0.25, -0.2) is 4.79 Å². The van der Waals surface area contributed by atoms with E-state index >= 15 is 0 Å². The van der Waals surface area contributed by atoms with Gasteiger partial charge in [0.15, 0.2) is 0 Å². The van der Waals surface area contributed by atoms with E-state index in [2.05, 4.69) is 0 Å². The summed E-state index contributed by atoms with van der Waals surface area (Å²) >= 11 is 6.58. The quantitative estimate of drug-likeness (QED) is 0.473. The van der Waals surface area contributed by atoms with E-state index in [-0.39, 0.29) is 12.2 Å². The molecule has 1 aromatic heterocycles. The molecule has 8 atom stereocenters. The van der Waals surface area contributed by atoms with Gasteiger partial charge in [0.25, 0.3) is 0 Å². The molecule has 3 N–H and O–H groups in total. The lowest BCUT2D eigenvalue weighted by Crippen LogP contribution is -2.68. The summed E-state index contributed by atoms with van der Waals surface area (Å²) in [5.74, 6) is -1.01. The molecule has 0 amide bonds. The molecule has 1 aliphatic heterocycles. The van der Waals surface area contributed by atoms with Gasteiger partial charge in [-0.15, -0.1) is 11.6 Å². The Morgan fingerprint density at radius 3 is 2.54 bits per heavy atom. The molecule has 0 spiro atoms. The number of ether oxygens (including phenoxy) is 1. The minimum Gasteiger partial charge on any atom is -0.461 e. The molecule has 1 unspecified atom stereocenters. The largest absolute Gasteiger partial charge is 0.461 e. The Labute approximate surface area is 154 Å². The number of aliphatic hydroxyl groups excluding tert-OH is 3. The number of rotatable bonds is 1. The lowest BCUT2D eigenvalue weighted by Gasteiger charge is -2.56. The highest BCUT2D eigenvalue weighted by Gasteiger charge is 2.73. The van der Waals surface area contributed by atoms with Crippen LogP contribution in [0.3, 0.4) is 0 Å². The molecular formula is C18H21ClO7. The van der Waals surface area contributed by atoms with Crippen molar-refractivity contribution in [3.8, 4) is 0 Å². The summed E-state index contributed by atoms with van der Waals surface area (Å²) in [6.45, 7) is 4.82. The van der Waals surface area contributed by atoms with Gasteiger partial charge >= 0.3 is 11.6 Å². The van der Waals surface area contributed by atoms with Gasteiger partial charge in [-0.05, 0) is 19.4 Å². The molecule has 2 heterocycles. The molecule has 4 rings (SSSR count). The first-order valence-corrected chi connectivity index (χ1v) is 9.05. The molecular weight excluding hydrogens is 364 g/mol. The van der Waals surface area contributed by atoms with Crippen molar-refractivity contribution >= 4 is 17.6 Å². The first kappa shape index (κ1) is 18.0. The third-order valence-electron chi connectivity index (χ3n) is 6.63. The van der Waals surface area contributed by atoms with Crippen LogP contribution in [-0.4, -0.2) is 45.0 Å². The Kier molecular flexibility index (Phi) is 3.68. The van der Waals surface area contributed by atoms with Crippen molar-refractivity contribution in [3.05, 3.63) is 33.4 Å². The molecule has 3 aliphatic rings. The average Bonchev–Trinajstić information content (AvgIpc) is 2.84. The van der Waals surface area contributed by atoms with Crippen LogP contribution >= 0.6 is 11.6 Å². The maximum Gasteiger partial charge on any atom is 0.336 e. The van der Waals surface area contributed by atoms with Gasteiger partial charge in [0.1, 0.15) is 23.4 Å². The van der Waals surface area contributed by atoms with Gasteiger partial charge in [-0.2, -0.15) is 0 Å². The van der Waals surface area contributed by atoms with Crippen LogP contribution < -0.4 is 5.63 Å². The van der Waals surface area contributed by atoms with Crippen molar-refractivity contribution in [2.45, 2.75) is 62.4 Å². The second-order valence-corrected chi connectivity index (χ2v) is 8.50. The third kappa shape index (κ3) is 1.89. The molecule has 1 saturated carbocycles. The Hall–Kier alpha value is -1.41. The van der Waals surface area contributed by atoms with Crippen LogP contribution in [0.15, 0.2) is 15.3 Å². The Morgan fingerprint density at radius 2 is 1.92 bits per heavy atom. The zero-order chi connectivity index (χ0) is 19.2. The van der Waals surface area contributed by atoms with Gasteiger partial charge in [-0.1, -0.05) is 6.92 Å². The lowest BCUT2D eigenvalue weighted by molar-refractivity contribution is -0.165. The fourth-order valence-corrected chi connectivity index (χ4v) is 5.83. The highest BCUT2D eigenvalue weighted by atomic mass is 35.5.